The van der Waals surface area contributed by atoms with E-state index in [1.165, 1.54) is 19.3 Å². The van der Waals surface area contributed by atoms with E-state index in [-0.39, 0.29) is 5.56 Å². The van der Waals surface area contributed by atoms with Gasteiger partial charge >= 0.3 is 11.6 Å². The summed E-state index contributed by atoms with van der Waals surface area (Å²) in [6, 6.07) is 10.3. The third kappa shape index (κ3) is 3.75. The lowest BCUT2D eigenvalue weighted by Gasteiger charge is -2.18. The summed E-state index contributed by atoms with van der Waals surface area (Å²) in [7, 11) is 0. The molecule has 1 aliphatic rings. The predicted octanol–water partition coefficient (Wildman–Crippen LogP) is 4.16. The minimum absolute atomic E-state index is 0.296. The van der Waals surface area contributed by atoms with E-state index < -0.39 is 0 Å². The lowest BCUT2D eigenvalue weighted by Crippen LogP contribution is -2.17. The van der Waals surface area contributed by atoms with Crippen LogP contribution in [0.5, 0.6) is 6.01 Å². The van der Waals surface area contributed by atoms with Gasteiger partial charge in [-0.1, -0.05) is 56.5 Å². The molecule has 1 aliphatic carbocycles. The van der Waals surface area contributed by atoms with Crippen LogP contribution < -0.4 is 10.3 Å². The molecule has 0 amide bonds. The molecule has 0 saturated heterocycles. The van der Waals surface area contributed by atoms with E-state index in [0.29, 0.717) is 36.2 Å². The molecule has 0 atom stereocenters. The van der Waals surface area contributed by atoms with Gasteiger partial charge in [-0.2, -0.15) is 4.98 Å². The van der Waals surface area contributed by atoms with Gasteiger partial charge in [-0.3, -0.25) is 9.36 Å². The first kappa shape index (κ1) is 17.8. The van der Waals surface area contributed by atoms with Crippen molar-refractivity contribution >= 4 is 11.2 Å². The number of hydrogen-bond acceptors (Lipinski definition) is 4. The van der Waals surface area contributed by atoms with Gasteiger partial charge in [-0.25, -0.2) is 4.98 Å². The Bertz CT molecular complexity index is 955. The molecule has 0 bridgehead atoms. The second-order valence-electron chi connectivity index (χ2n) is 7.28. The summed E-state index contributed by atoms with van der Waals surface area (Å²) < 4.78 is 7.85. The van der Waals surface area contributed by atoms with Crippen LogP contribution in [0, 0.1) is 0 Å². The van der Waals surface area contributed by atoms with Crippen LogP contribution in [-0.2, 0) is 13.2 Å². The number of hydrogen-bond donors (Lipinski definition) is 1. The zero-order valence-electron chi connectivity index (χ0n) is 15.8. The quantitative estimate of drug-likeness (QED) is 0.711. The number of aromatic nitrogens is 4. The van der Waals surface area contributed by atoms with Gasteiger partial charge in [0.15, 0.2) is 11.2 Å². The number of imidazole rings is 1. The number of nitrogens with zero attached hydrogens (tertiary/aromatic N) is 3. The van der Waals surface area contributed by atoms with E-state index >= 15 is 0 Å². The molecular weight excluding hydrogens is 340 g/mol. The first-order valence-corrected chi connectivity index (χ1v) is 9.93. The smallest absolute Gasteiger partial charge is 0.301 e. The van der Waals surface area contributed by atoms with E-state index in [9.17, 15) is 4.79 Å². The number of nitrogens with one attached hydrogen (secondary N) is 1. The van der Waals surface area contributed by atoms with Crippen molar-refractivity contribution in [2.45, 2.75) is 64.5 Å². The molecule has 4 rings (SSSR count). The molecule has 1 fully saturated rings. The van der Waals surface area contributed by atoms with Crippen molar-refractivity contribution < 1.29 is 4.74 Å². The van der Waals surface area contributed by atoms with Gasteiger partial charge in [-0.15, -0.1) is 0 Å². The fourth-order valence-electron chi connectivity index (χ4n) is 3.85. The summed E-state index contributed by atoms with van der Waals surface area (Å²) in [6.07, 6.45) is 6.92. The maximum atomic E-state index is 12.6. The highest BCUT2D eigenvalue weighted by atomic mass is 16.5. The fourth-order valence-corrected chi connectivity index (χ4v) is 3.85. The second kappa shape index (κ2) is 7.94. The molecule has 1 aromatic carbocycles. The van der Waals surface area contributed by atoms with Crippen LogP contribution in [0.2, 0.25) is 0 Å². The Morgan fingerprint density at radius 2 is 1.93 bits per heavy atom. The molecule has 3 aromatic rings. The van der Waals surface area contributed by atoms with Crippen molar-refractivity contribution in [3.05, 3.63) is 52.1 Å². The highest BCUT2D eigenvalue weighted by Gasteiger charge is 2.22. The number of fused-ring (bicyclic) bond motifs is 1. The molecule has 1 saturated carbocycles. The number of aryl methyl sites for hydroxylation is 1. The largest absolute Gasteiger partial charge is 0.460 e. The zero-order valence-corrected chi connectivity index (χ0v) is 15.8. The molecule has 27 heavy (non-hydrogen) atoms. The topological polar surface area (TPSA) is 72.8 Å². The van der Waals surface area contributed by atoms with Crippen molar-refractivity contribution in [2.75, 3.05) is 0 Å². The molecule has 0 radical (unpaired) electrons. The summed E-state index contributed by atoms with van der Waals surface area (Å²) in [5.41, 5.74) is 1.91. The van der Waals surface area contributed by atoms with Gasteiger partial charge in [0.25, 0.3) is 0 Å². The molecule has 2 heterocycles. The SMILES string of the molecule is CCCn1c(OCc2ccccc2)nc(=O)c2[nH]c(C3CCCCC3)nc21. The molecule has 1 N–H and O–H groups in total. The van der Waals surface area contributed by atoms with Crippen LogP contribution >= 0.6 is 0 Å². The normalized spacial score (nSPS) is 15.3. The minimum Gasteiger partial charge on any atom is -0.460 e. The number of rotatable bonds is 6. The first-order valence-electron chi connectivity index (χ1n) is 9.93. The Hall–Kier alpha value is -2.63. The summed E-state index contributed by atoms with van der Waals surface area (Å²) >= 11 is 0. The standard InChI is InChI=1S/C21H26N4O2/c1-2-13-25-19-17(22-18(23-19)16-11-7-4-8-12-16)20(26)24-21(25)27-14-15-9-5-3-6-10-15/h3,5-6,9-10,16H,2,4,7-8,11-14H2,1H3,(H,22,23). The average Bonchev–Trinajstić information content (AvgIpc) is 3.16. The van der Waals surface area contributed by atoms with Crippen LogP contribution in [0.15, 0.2) is 35.1 Å². The molecule has 2 aromatic heterocycles. The Balaban J connectivity index is 1.70. The van der Waals surface area contributed by atoms with Gasteiger partial charge in [0.05, 0.1) is 0 Å². The monoisotopic (exact) mass is 366 g/mol. The molecule has 0 spiro atoms. The van der Waals surface area contributed by atoms with Crippen molar-refractivity contribution in [1.29, 1.82) is 0 Å². The van der Waals surface area contributed by atoms with Crippen LogP contribution in [0.25, 0.3) is 11.2 Å². The summed E-state index contributed by atoms with van der Waals surface area (Å²) in [4.78, 5) is 24.9. The van der Waals surface area contributed by atoms with Gasteiger partial charge < -0.3 is 9.72 Å². The van der Waals surface area contributed by atoms with Crippen molar-refractivity contribution in [1.82, 2.24) is 19.5 Å². The van der Waals surface area contributed by atoms with Crippen LogP contribution in [0.1, 0.15) is 62.8 Å². The van der Waals surface area contributed by atoms with E-state index in [4.69, 9.17) is 9.72 Å². The van der Waals surface area contributed by atoms with Crippen LogP contribution in [-0.4, -0.2) is 19.5 Å². The highest BCUT2D eigenvalue weighted by molar-refractivity contribution is 5.70. The van der Waals surface area contributed by atoms with Gasteiger partial charge in [0.1, 0.15) is 12.4 Å². The van der Waals surface area contributed by atoms with Crippen LogP contribution in [0.3, 0.4) is 0 Å². The van der Waals surface area contributed by atoms with Gasteiger partial charge in [0.2, 0.25) is 0 Å². The first-order chi connectivity index (χ1) is 13.3. The predicted molar refractivity (Wildman–Crippen MR) is 105 cm³/mol. The second-order valence-corrected chi connectivity index (χ2v) is 7.28. The van der Waals surface area contributed by atoms with E-state index in [1.54, 1.807) is 0 Å². The average molecular weight is 366 g/mol. The van der Waals surface area contributed by atoms with Crippen LogP contribution in [0.4, 0.5) is 0 Å². The maximum absolute atomic E-state index is 12.6. The molecule has 0 aliphatic heterocycles. The Morgan fingerprint density at radius 1 is 1.15 bits per heavy atom. The van der Waals surface area contributed by atoms with Gasteiger partial charge in [-0.05, 0) is 24.8 Å². The lowest BCUT2D eigenvalue weighted by molar-refractivity contribution is 0.263. The number of benzene rings is 1. The van der Waals surface area contributed by atoms with Crippen molar-refractivity contribution in [3.63, 3.8) is 0 Å². The summed E-state index contributed by atoms with van der Waals surface area (Å²) in [5, 5.41) is 0. The molecule has 0 unspecified atom stereocenters. The molecule has 6 nitrogen and oxygen atoms in total. The number of H-pyrrole nitrogens is 1. The molecule has 6 heteroatoms. The Labute approximate surface area is 158 Å². The number of ether oxygens (including phenoxy) is 1. The third-order valence-electron chi connectivity index (χ3n) is 5.25. The Kier molecular flexibility index (Phi) is 5.23. The van der Waals surface area contributed by atoms with E-state index in [0.717, 1.165) is 30.7 Å². The summed E-state index contributed by atoms with van der Waals surface area (Å²) in [6.45, 7) is 3.19. The minimum atomic E-state index is -0.296. The summed E-state index contributed by atoms with van der Waals surface area (Å²) in [5.74, 6) is 1.34. The Morgan fingerprint density at radius 3 is 2.67 bits per heavy atom. The molecular formula is C21H26N4O2. The third-order valence-corrected chi connectivity index (χ3v) is 5.25. The molecule has 142 valence electrons. The van der Waals surface area contributed by atoms with Gasteiger partial charge in [0, 0.05) is 12.5 Å². The number of aromatic amines is 1. The highest BCUT2D eigenvalue weighted by Crippen LogP contribution is 2.32. The lowest BCUT2D eigenvalue weighted by atomic mass is 9.89. The fraction of sp³-hybridized carbons (Fsp3) is 0.476. The maximum Gasteiger partial charge on any atom is 0.301 e. The van der Waals surface area contributed by atoms with Crippen molar-refractivity contribution in [2.24, 2.45) is 0 Å². The van der Waals surface area contributed by atoms with Crippen molar-refractivity contribution in [3.8, 4) is 6.01 Å². The van der Waals surface area contributed by atoms with E-state index in [2.05, 4.69) is 16.9 Å². The van der Waals surface area contributed by atoms with E-state index in [1.807, 2.05) is 34.9 Å². The zero-order chi connectivity index (χ0) is 18.6.